The molecule has 0 spiro atoms. The first-order chi connectivity index (χ1) is 15.4. The predicted octanol–water partition coefficient (Wildman–Crippen LogP) is 5.29. The van der Waals surface area contributed by atoms with Crippen LogP contribution in [0, 0.1) is 0 Å². The van der Waals surface area contributed by atoms with Gasteiger partial charge in [0.05, 0.1) is 5.69 Å². The lowest BCUT2D eigenvalue weighted by Crippen LogP contribution is -2.38. The number of nitrogens with zero attached hydrogens (tertiary/aromatic N) is 2. The Hall–Kier alpha value is -2.64. The highest BCUT2D eigenvalue weighted by atomic mass is 79.9. The van der Waals surface area contributed by atoms with Gasteiger partial charge in [-0.25, -0.2) is 4.90 Å². The Morgan fingerprint density at radius 2 is 1.75 bits per heavy atom. The van der Waals surface area contributed by atoms with Crippen LogP contribution in [0.5, 0.6) is 0 Å². The van der Waals surface area contributed by atoms with Gasteiger partial charge in [-0.05, 0) is 55.3 Å². The zero-order valence-electron chi connectivity index (χ0n) is 17.6. The second kappa shape index (κ2) is 9.46. The molecule has 3 amide bonds. The minimum absolute atomic E-state index is 0.00943. The van der Waals surface area contributed by atoms with Crippen LogP contribution in [0.2, 0.25) is 0 Å². The van der Waals surface area contributed by atoms with E-state index in [0.29, 0.717) is 16.9 Å². The zero-order valence-corrected chi connectivity index (χ0v) is 19.9. The first-order valence-electron chi connectivity index (χ1n) is 10.5. The molecule has 1 aliphatic heterocycles. The van der Waals surface area contributed by atoms with Crippen molar-refractivity contribution in [1.82, 2.24) is 4.90 Å². The van der Waals surface area contributed by atoms with Crippen LogP contribution in [0.1, 0.15) is 42.5 Å². The highest BCUT2D eigenvalue weighted by Gasteiger charge is 2.39. The summed E-state index contributed by atoms with van der Waals surface area (Å²) in [5, 5.41) is 2.77. The molecule has 1 fully saturated rings. The lowest BCUT2D eigenvalue weighted by atomic mass is 9.94. The molecular weight excluding hydrogens is 494 g/mol. The third-order valence-electron chi connectivity index (χ3n) is 5.93. The summed E-state index contributed by atoms with van der Waals surface area (Å²) in [6.07, 6.45) is 5.54. The zero-order chi connectivity index (χ0) is 22.8. The fourth-order valence-electron chi connectivity index (χ4n) is 4.15. The van der Waals surface area contributed by atoms with Crippen molar-refractivity contribution < 1.29 is 14.4 Å². The molecule has 2 aliphatic rings. The van der Waals surface area contributed by atoms with Crippen LogP contribution in [0.4, 0.5) is 11.4 Å². The minimum Gasteiger partial charge on any atom is -0.350 e. The van der Waals surface area contributed by atoms with Gasteiger partial charge in [0.2, 0.25) is 0 Å². The molecule has 2 aromatic carbocycles. The molecule has 32 heavy (non-hydrogen) atoms. The van der Waals surface area contributed by atoms with Gasteiger partial charge in [0.1, 0.15) is 10.7 Å². The van der Waals surface area contributed by atoms with E-state index in [9.17, 15) is 14.4 Å². The van der Waals surface area contributed by atoms with E-state index in [0.717, 1.165) is 35.1 Å². The van der Waals surface area contributed by atoms with Crippen molar-refractivity contribution in [3.05, 3.63) is 69.3 Å². The second-order valence-corrected chi connectivity index (χ2v) is 9.32. The molecule has 2 aromatic rings. The van der Waals surface area contributed by atoms with E-state index in [2.05, 4.69) is 21.2 Å². The van der Waals surface area contributed by atoms with Crippen LogP contribution >= 0.6 is 27.5 Å². The Morgan fingerprint density at radius 1 is 1.06 bits per heavy atom. The van der Waals surface area contributed by atoms with Crippen LogP contribution < -0.4 is 10.2 Å². The fraction of sp³-hybridized carbons (Fsp3) is 0.292. The molecule has 0 saturated heterocycles. The number of amides is 3. The molecule has 0 unspecified atom stereocenters. The number of imide groups is 1. The van der Waals surface area contributed by atoms with Gasteiger partial charge in [-0.15, -0.1) is 0 Å². The van der Waals surface area contributed by atoms with Crippen molar-refractivity contribution >= 4 is 56.6 Å². The molecule has 1 saturated carbocycles. The Balaban J connectivity index is 1.52. The van der Waals surface area contributed by atoms with Gasteiger partial charge in [-0.2, -0.15) is 0 Å². The van der Waals surface area contributed by atoms with E-state index >= 15 is 0 Å². The second-order valence-electron chi connectivity index (χ2n) is 8.02. The van der Waals surface area contributed by atoms with E-state index < -0.39 is 11.8 Å². The summed E-state index contributed by atoms with van der Waals surface area (Å²) in [4.78, 5) is 41.5. The number of anilines is 2. The topological polar surface area (TPSA) is 69.7 Å². The monoisotopic (exact) mass is 515 g/mol. The molecule has 4 rings (SSSR count). The largest absolute Gasteiger partial charge is 0.350 e. The van der Waals surface area contributed by atoms with Gasteiger partial charge in [0.15, 0.2) is 0 Å². The number of hydrogen-bond donors (Lipinski definition) is 1. The molecule has 6 nitrogen and oxygen atoms in total. The van der Waals surface area contributed by atoms with Crippen molar-refractivity contribution in [1.29, 1.82) is 0 Å². The van der Waals surface area contributed by atoms with Crippen molar-refractivity contribution in [3.63, 3.8) is 0 Å². The van der Waals surface area contributed by atoms with Crippen molar-refractivity contribution in [3.8, 4) is 0 Å². The third kappa shape index (κ3) is 4.45. The Kier molecular flexibility index (Phi) is 6.67. The van der Waals surface area contributed by atoms with Crippen LogP contribution in [0.25, 0.3) is 0 Å². The van der Waals surface area contributed by atoms with Crippen molar-refractivity contribution in [2.45, 2.75) is 38.1 Å². The number of hydrogen-bond acceptors (Lipinski definition) is 4. The standard InChI is InChI=1S/C24H23BrClN3O3/c1-28(18-8-3-2-4-9-18)22(30)15-6-5-7-17(14-15)27-21-20(26)23(31)29(24(21)32)19-12-10-16(25)11-13-19/h5-7,10-14,18,27H,2-4,8-9H2,1H3. The van der Waals surface area contributed by atoms with E-state index in [4.69, 9.17) is 11.6 Å². The number of carbonyl (C=O) groups excluding carboxylic acids is 3. The van der Waals surface area contributed by atoms with Gasteiger partial charge in [0, 0.05) is 28.8 Å². The Bertz CT molecular complexity index is 1090. The summed E-state index contributed by atoms with van der Waals surface area (Å²) < 4.78 is 0.831. The van der Waals surface area contributed by atoms with E-state index in [1.807, 2.05) is 11.9 Å². The number of rotatable bonds is 5. The fourth-order valence-corrected chi connectivity index (χ4v) is 4.63. The SMILES string of the molecule is CN(C(=O)c1cccc(NC2=C(Cl)C(=O)N(c3ccc(Br)cc3)C2=O)c1)C1CCCCC1. The molecule has 166 valence electrons. The van der Waals surface area contributed by atoms with Gasteiger partial charge in [0.25, 0.3) is 17.7 Å². The molecule has 1 N–H and O–H groups in total. The first kappa shape index (κ1) is 22.6. The molecule has 0 atom stereocenters. The number of benzene rings is 2. The quantitative estimate of drug-likeness (QED) is 0.548. The molecule has 0 radical (unpaired) electrons. The molecule has 1 heterocycles. The predicted molar refractivity (Wildman–Crippen MR) is 129 cm³/mol. The highest BCUT2D eigenvalue weighted by molar-refractivity contribution is 9.10. The Labute approximate surface area is 200 Å². The van der Waals surface area contributed by atoms with Crippen LogP contribution in [-0.4, -0.2) is 35.7 Å². The molecule has 8 heteroatoms. The van der Waals surface area contributed by atoms with Gasteiger partial charge < -0.3 is 10.2 Å². The number of nitrogens with one attached hydrogen (secondary N) is 1. The number of carbonyl (C=O) groups is 3. The average Bonchev–Trinajstić information content (AvgIpc) is 3.02. The third-order valence-corrected chi connectivity index (χ3v) is 6.81. The van der Waals surface area contributed by atoms with Gasteiger partial charge in [-0.1, -0.05) is 52.9 Å². The maximum atomic E-state index is 13.0. The minimum atomic E-state index is -0.592. The molecular formula is C24H23BrClN3O3. The summed E-state index contributed by atoms with van der Waals surface area (Å²) in [7, 11) is 1.84. The lowest BCUT2D eigenvalue weighted by molar-refractivity contribution is -0.120. The summed E-state index contributed by atoms with van der Waals surface area (Å²) in [5.74, 6) is -1.20. The summed E-state index contributed by atoms with van der Waals surface area (Å²) in [6.45, 7) is 0. The highest BCUT2D eigenvalue weighted by Crippen LogP contribution is 2.31. The van der Waals surface area contributed by atoms with Crippen LogP contribution in [0.3, 0.4) is 0 Å². The Morgan fingerprint density at radius 3 is 2.44 bits per heavy atom. The lowest BCUT2D eigenvalue weighted by Gasteiger charge is -2.31. The summed E-state index contributed by atoms with van der Waals surface area (Å²) in [6, 6.07) is 14.0. The first-order valence-corrected chi connectivity index (χ1v) is 11.7. The van der Waals surface area contributed by atoms with Crippen molar-refractivity contribution in [2.24, 2.45) is 0 Å². The average molecular weight is 517 g/mol. The smallest absolute Gasteiger partial charge is 0.283 e. The van der Waals surface area contributed by atoms with E-state index in [1.165, 1.54) is 6.42 Å². The van der Waals surface area contributed by atoms with Crippen LogP contribution in [-0.2, 0) is 9.59 Å². The normalized spacial score (nSPS) is 17.2. The molecule has 0 aromatic heterocycles. The maximum Gasteiger partial charge on any atom is 0.283 e. The number of halogens is 2. The van der Waals surface area contributed by atoms with Gasteiger partial charge >= 0.3 is 0 Å². The van der Waals surface area contributed by atoms with E-state index in [1.54, 1.807) is 48.5 Å². The van der Waals surface area contributed by atoms with Gasteiger partial charge in [-0.3, -0.25) is 14.4 Å². The summed E-state index contributed by atoms with van der Waals surface area (Å²) in [5.41, 5.74) is 1.45. The van der Waals surface area contributed by atoms with Crippen molar-refractivity contribution in [2.75, 3.05) is 17.3 Å². The van der Waals surface area contributed by atoms with Crippen LogP contribution in [0.15, 0.2) is 63.7 Å². The van der Waals surface area contributed by atoms with E-state index in [-0.39, 0.29) is 22.7 Å². The maximum absolute atomic E-state index is 13.0. The summed E-state index contributed by atoms with van der Waals surface area (Å²) >= 11 is 9.56. The molecule has 1 aliphatic carbocycles. The molecule has 0 bridgehead atoms.